The van der Waals surface area contributed by atoms with Crippen LogP contribution in [0.15, 0.2) is 24.4 Å². The molecule has 26 heavy (non-hydrogen) atoms. The van der Waals surface area contributed by atoms with Gasteiger partial charge in [0.1, 0.15) is 0 Å². The highest BCUT2D eigenvalue weighted by molar-refractivity contribution is 5.89. The molecule has 5 heteroatoms. The summed E-state index contributed by atoms with van der Waals surface area (Å²) in [6.45, 7) is 3.32. The Morgan fingerprint density at radius 1 is 1.31 bits per heavy atom. The van der Waals surface area contributed by atoms with Gasteiger partial charge in [-0.1, -0.05) is 24.5 Å². The van der Waals surface area contributed by atoms with Crippen LogP contribution < -0.4 is 5.32 Å². The lowest BCUT2D eigenvalue weighted by molar-refractivity contribution is -0.129. The van der Waals surface area contributed by atoms with Crippen LogP contribution in [0.25, 0.3) is 10.9 Å². The van der Waals surface area contributed by atoms with Crippen LogP contribution in [0.2, 0.25) is 0 Å². The summed E-state index contributed by atoms with van der Waals surface area (Å²) in [6, 6.07) is 6.70. The van der Waals surface area contributed by atoms with Crippen LogP contribution >= 0.6 is 0 Å². The summed E-state index contributed by atoms with van der Waals surface area (Å²) in [5.74, 6) is -0.0172. The van der Waals surface area contributed by atoms with Gasteiger partial charge in [0.2, 0.25) is 11.8 Å². The van der Waals surface area contributed by atoms with Crippen LogP contribution in [0.5, 0.6) is 0 Å². The second-order valence-electron chi connectivity index (χ2n) is 7.84. The second kappa shape index (κ2) is 7.14. The van der Waals surface area contributed by atoms with Crippen molar-refractivity contribution in [2.24, 2.45) is 5.92 Å². The molecular formula is C21H27N3O2. The number of H-pyrrole nitrogens is 1. The number of likely N-dealkylation sites (tertiary alicyclic amines) is 1. The van der Waals surface area contributed by atoms with Crippen LogP contribution in [0, 0.1) is 12.8 Å². The van der Waals surface area contributed by atoms with Crippen molar-refractivity contribution in [3.63, 3.8) is 0 Å². The molecule has 1 aliphatic heterocycles. The Kier molecular flexibility index (Phi) is 4.70. The van der Waals surface area contributed by atoms with E-state index in [0.717, 1.165) is 24.8 Å². The fraction of sp³-hybridized carbons (Fsp3) is 0.524. The van der Waals surface area contributed by atoms with Gasteiger partial charge < -0.3 is 15.2 Å². The van der Waals surface area contributed by atoms with E-state index in [9.17, 15) is 9.59 Å². The minimum atomic E-state index is -0.187. The van der Waals surface area contributed by atoms with Gasteiger partial charge in [0.05, 0.1) is 5.92 Å². The van der Waals surface area contributed by atoms with Crippen molar-refractivity contribution in [1.82, 2.24) is 15.2 Å². The molecule has 2 aromatic rings. The Bertz CT molecular complexity index is 820. The van der Waals surface area contributed by atoms with Gasteiger partial charge >= 0.3 is 0 Å². The van der Waals surface area contributed by atoms with E-state index in [-0.39, 0.29) is 17.7 Å². The first-order valence-corrected chi connectivity index (χ1v) is 9.75. The van der Waals surface area contributed by atoms with E-state index in [0.29, 0.717) is 25.6 Å². The largest absolute Gasteiger partial charge is 0.361 e. The van der Waals surface area contributed by atoms with Gasteiger partial charge in [-0.3, -0.25) is 9.59 Å². The Labute approximate surface area is 154 Å². The van der Waals surface area contributed by atoms with Gasteiger partial charge in [-0.15, -0.1) is 0 Å². The molecule has 138 valence electrons. The molecular weight excluding hydrogens is 326 g/mol. The van der Waals surface area contributed by atoms with Crippen LogP contribution in [0.4, 0.5) is 0 Å². The molecule has 0 radical (unpaired) electrons. The van der Waals surface area contributed by atoms with Crippen molar-refractivity contribution in [3.05, 3.63) is 35.5 Å². The maximum absolute atomic E-state index is 12.4. The van der Waals surface area contributed by atoms with Crippen molar-refractivity contribution in [2.45, 2.75) is 51.5 Å². The Hall–Kier alpha value is -2.30. The fourth-order valence-corrected chi connectivity index (χ4v) is 4.31. The quantitative estimate of drug-likeness (QED) is 0.868. The topological polar surface area (TPSA) is 65.2 Å². The molecule has 1 aliphatic carbocycles. The molecule has 2 fully saturated rings. The highest BCUT2D eigenvalue weighted by Gasteiger charge is 2.35. The van der Waals surface area contributed by atoms with Crippen LogP contribution in [-0.4, -0.2) is 40.8 Å². The zero-order valence-electron chi connectivity index (χ0n) is 15.4. The molecule has 0 spiro atoms. The number of benzene rings is 1. The van der Waals surface area contributed by atoms with Crippen LogP contribution in [-0.2, 0) is 16.0 Å². The number of nitrogens with one attached hydrogen (secondary N) is 2. The second-order valence-corrected chi connectivity index (χ2v) is 7.84. The monoisotopic (exact) mass is 353 g/mol. The van der Waals surface area contributed by atoms with E-state index in [4.69, 9.17) is 0 Å². The van der Waals surface area contributed by atoms with Gasteiger partial charge in [-0.05, 0) is 43.9 Å². The SMILES string of the molecule is Cc1ccc2[nH]cc(CCN3CC(C(=O)NC4CCCC4)CC3=O)c2c1. The number of nitrogens with zero attached hydrogens (tertiary/aromatic N) is 1. The van der Waals surface area contributed by atoms with Crippen molar-refractivity contribution < 1.29 is 9.59 Å². The maximum Gasteiger partial charge on any atom is 0.225 e. The molecule has 2 N–H and O–H groups in total. The van der Waals surface area contributed by atoms with Crippen molar-refractivity contribution in [1.29, 1.82) is 0 Å². The van der Waals surface area contributed by atoms with Gasteiger partial charge in [-0.25, -0.2) is 0 Å². The average Bonchev–Trinajstić information content (AvgIpc) is 3.33. The Morgan fingerprint density at radius 2 is 2.12 bits per heavy atom. The van der Waals surface area contributed by atoms with Gasteiger partial charge in [0, 0.05) is 42.7 Å². The molecule has 5 nitrogen and oxygen atoms in total. The Balaban J connectivity index is 1.35. The predicted molar refractivity (Wildman–Crippen MR) is 102 cm³/mol. The van der Waals surface area contributed by atoms with E-state index >= 15 is 0 Å². The number of hydrogen-bond donors (Lipinski definition) is 2. The maximum atomic E-state index is 12.4. The van der Waals surface area contributed by atoms with Crippen LogP contribution in [0.1, 0.15) is 43.2 Å². The van der Waals surface area contributed by atoms with Gasteiger partial charge in [0.15, 0.2) is 0 Å². The molecule has 4 rings (SSSR count). The fourth-order valence-electron chi connectivity index (χ4n) is 4.31. The number of aryl methyl sites for hydroxylation is 1. The zero-order valence-corrected chi connectivity index (χ0v) is 15.4. The predicted octanol–water partition coefficient (Wildman–Crippen LogP) is 2.93. The number of carbonyl (C=O) groups excluding carboxylic acids is 2. The molecule has 1 aromatic heterocycles. The molecule has 2 heterocycles. The number of carbonyl (C=O) groups is 2. The third-order valence-corrected chi connectivity index (χ3v) is 5.86. The summed E-state index contributed by atoms with van der Waals surface area (Å²) in [7, 11) is 0. The number of fused-ring (bicyclic) bond motifs is 1. The van der Waals surface area contributed by atoms with E-state index in [1.165, 1.54) is 29.4 Å². The molecule has 0 bridgehead atoms. The molecule has 1 unspecified atom stereocenters. The standard InChI is InChI=1S/C21H27N3O2/c1-14-6-7-19-18(10-14)15(12-22-19)8-9-24-13-16(11-20(24)25)21(26)23-17-4-2-3-5-17/h6-7,10,12,16-17,22H,2-5,8-9,11,13H2,1H3,(H,23,26). The van der Waals surface area contributed by atoms with Crippen molar-refractivity contribution in [2.75, 3.05) is 13.1 Å². The number of amides is 2. The minimum Gasteiger partial charge on any atom is -0.361 e. The third kappa shape index (κ3) is 3.48. The highest BCUT2D eigenvalue weighted by atomic mass is 16.2. The summed E-state index contributed by atoms with van der Waals surface area (Å²) in [5, 5.41) is 4.37. The number of aromatic nitrogens is 1. The van der Waals surface area contributed by atoms with Crippen molar-refractivity contribution in [3.8, 4) is 0 Å². The molecule has 1 atom stereocenters. The molecule has 1 saturated heterocycles. The highest BCUT2D eigenvalue weighted by Crippen LogP contribution is 2.24. The van der Waals surface area contributed by atoms with E-state index in [2.05, 4.69) is 35.4 Å². The summed E-state index contributed by atoms with van der Waals surface area (Å²) in [6.07, 6.45) is 7.76. The number of hydrogen-bond acceptors (Lipinski definition) is 2. The lowest BCUT2D eigenvalue weighted by Gasteiger charge is -2.18. The summed E-state index contributed by atoms with van der Waals surface area (Å²) in [5.41, 5.74) is 3.60. The lowest BCUT2D eigenvalue weighted by atomic mass is 10.1. The summed E-state index contributed by atoms with van der Waals surface area (Å²) >= 11 is 0. The molecule has 2 amide bonds. The van der Waals surface area contributed by atoms with Gasteiger partial charge in [-0.2, -0.15) is 0 Å². The number of rotatable bonds is 5. The van der Waals surface area contributed by atoms with Crippen molar-refractivity contribution >= 4 is 22.7 Å². The lowest BCUT2D eigenvalue weighted by Crippen LogP contribution is -2.38. The van der Waals surface area contributed by atoms with E-state index in [1.54, 1.807) is 0 Å². The molecule has 1 saturated carbocycles. The van der Waals surface area contributed by atoms with E-state index in [1.807, 2.05) is 11.1 Å². The first kappa shape index (κ1) is 17.1. The summed E-state index contributed by atoms with van der Waals surface area (Å²) in [4.78, 5) is 29.9. The first-order chi connectivity index (χ1) is 12.6. The molecule has 1 aromatic carbocycles. The summed E-state index contributed by atoms with van der Waals surface area (Å²) < 4.78 is 0. The Morgan fingerprint density at radius 3 is 2.92 bits per heavy atom. The first-order valence-electron chi connectivity index (χ1n) is 9.75. The van der Waals surface area contributed by atoms with Gasteiger partial charge in [0.25, 0.3) is 0 Å². The zero-order chi connectivity index (χ0) is 18.1. The minimum absolute atomic E-state index is 0.0652. The average molecular weight is 353 g/mol. The van der Waals surface area contributed by atoms with Crippen LogP contribution in [0.3, 0.4) is 0 Å². The third-order valence-electron chi connectivity index (χ3n) is 5.86. The normalized spacial score (nSPS) is 21.0. The molecule has 2 aliphatic rings. The smallest absolute Gasteiger partial charge is 0.225 e. The number of aromatic amines is 1. The van der Waals surface area contributed by atoms with E-state index < -0.39 is 0 Å².